The van der Waals surface area contributed by atoms with Crippen LogP contribution in [0.1, 0.15) is 64.7 Å². The number of likely N-dealkylation sites (tertiary alicyclic amines) is 1. The Balaban J connectivity index is 1.23. The number of hydrazine groups is 1. The molecule has 0 aromatic rings. The van der Waals surface area contributed by atoms with E-state index in [2.05, 4.69) is 12.3 Å². The molecule has 0 bridgehead atoms. The standard InChI is InChI=1S/C26H43F3N4O4S/c1-17-2-4-21(5-3-17)38(36,37)32-11-7-19(8-12-32)20-9-13-33-22(14-20)23(24(30-33)26(27,28)29)25(35)31-10-6-18(15-31)16-34/h17-24,30,34H,2-16H2,1H3. The van der Waals surface area contributed by atoms with E-state index in [4.69, 9.17) is 0 Å². The monoisotopic (exact) mass is 564 g/mol. The summed E-state index contributed by atoms with van der Waals surface area (Å²) in [7, 11) is -3.31. The van der Waals surface area contributed by atoms with Crippen molar-refractivity contribution >= 4 is 15.9 Å². The van der Waals surface area contributed by atoms with Crippen molar-refractivity contribution in [3.8, 4) is 0 Å². The van der Waals surface area contributed by atoms with E-state index in [1.54, 1.807) is 9.31 Å². The number of rotatable bonds is 5. The van der Waals surface area contributed by atoms with E-state index in [1.807, 2.05) is 0 Å². The van der Waals surface area contributed by atoms with Crippen molar-refractivity contribution in [2.45, 2.75) is 88.2 Å². The summed E-state index contributed by atoms with van der Waals surface area (Å²) >= 11 is 0. The third-order valence-corrected chi connectivity index (χ3v) is 12.6. The highest BCUT2D eigenvalue weighted by atomic mass is 32.2. The van der Waals surface area contributed by atoms with Gasteiger partial charge in [-0.25, -0.2) is 23.2 Å². The van der Waals surface area contributed by atoms with Gasteiger partial charge in [-0.3, -0.25) is 4.79 Å². The van der Waals surface area contributed by atoms with E-state index in [0.29, 0.717) is 51.5 Å². The number of aliphatic hydroxyl groups excluding tert-OH is 1. The molecule has 4 heterocycles. The Hall–Kier alpha value is -0.950. The van der Waals surface area contributed by atoms with E-state index in [9.17, 15) is 31.5 Å². The van der Waals surface area contributed by atoms with Crippen LogP contribution < -0.4 is 5.43 Å². The molecule has 4 aliphatic heterocycles. The molecule has 0 spiro atoms. The van der Waals surface area contributed by atoms with Crippen LogP contribution in [0.5, 0.6) is 0 Å². The van der Waals surface area contributed by atoms with E-state index < -0.39 is 40.1 Å². The Bertz CT molecular complexity index is 951. The van der Waals surface area contributed by atoms with Gasteiger partial charge in [-0.05, 0) is 75.5 Å². The number of sulfonamides is 1. The first-order chi connectivity index (χ1) is 18.0. The zero-order valence-corrected chi connectivity index (χ0v) is 23.1. The molecule has 8 nitrogen and oxygen atoms in total. The predicted molar refractivity (Wildman–Crippen MR) is 136 cm³/mol. The van der Waals surface area contributed by atoms with Gasteiger partial charge in [0.15, 0.2) is 0 Å². The lowest BCUT2D eigenvalue weighted by molar-refractivity contribution is -0.172. The summed E-state index contributed by atoms with van der Waals surface area (Å²) < 4.78 is 70.3. The molecule has 4 saturated heterocycles. The number of nitrogens with zero attached hydrogens (tertiary/aromatic N) is 3. The molecular weight excluding hydrogens is 521 g/mol. The van der Waals surface area contributed by atoms with E-state index in [0.717, 1.165) is 44.9 Å². The molecule has 5 unspecified atom stereocenters. The molecule has 0 radical (unpaired) electrons. The van der Waals surface area contributed by atoms with Gasteiger partial charge in [-0.2, -0.15) is 13.2 Å². The number of halogens is 3. The summed E-state index contributed by atoms with van der Waals surface area (Å²) in [6.07, 6.45) is 2.10. The number of fused-ring (bicyclic) bond motifs is 1. The zero-order valence-electron chi connectivity index (χ0n) is 22.3. The van der Waals surface area contributed by atoms with Crippen LogP contribution in [-0.4, -0.2) is 96.5 Å². The minimum atomic E-state index is -4.54. The number of amides is 1. The lowest BCUT2D eigenvalue weighted by Gasteiger charge is -2.43. The molecule has 0 aromatic heterocycles. The van der Waals surface area contributed by atoms with Crippen LogP contribution in [-0.2, 0) is 14.8 Å². The summed E-state index contributed by atoms with van der Waals surface area (Å²) in [5, 5.41) is 10.8. The maximum absolute atomic E-state index is 14.1. The van der Waals surface area contributed by atoms with Crippen molar-refractivity contribution in [1.82, 2.24) is 19.6 Å². The van der Waals surface area contributed by atoms with E-state index >= 15 is 0 Å². The second-order valence-electron chi connectivity index (χ2n) is 12.5. The van der Waals surface area contributed by atoms with Gasteiger partial charge in [-0.15, -0.1) is 0 Å². The number of piperidine rings is 2. The third kappa shape index (κ3) is 5.62. The van der Waals surface area contributed by atoms with Crippen LogP contribution in [0.15, 0.2) is 0 Å². The Kier molecular flexibility index (Phi) is 8.38. The van der Waals surface area contributed by atoms with Gasteiger partial charge in [-0.1, -0.05) is 6.92 Å². The molecule has 5 rings (SSSR count). The number of alkyl halides is 3. The second-order valence-corrected chi connectivity index (χ2v) is 14.7. The number of carbonyl (C=O) groups excluding carboxylic acids is 1. The first-order valence-electron chi connectivity index (χ1n) is 14.5. The largest absolute Gasteiger partial charge is 0.406 e. The first-order valence-corrected chi connectivity index (χ1v) is 16.0. The van der Waals surface area contributed by atoms with Crippen LogP contribution in [0.2, 0.25) is 0 Å². The Labute approximate surface area is 224 Å². The van der Waals surface area contributed by atoms with Crippen LogP contribution in [0.4, 0.5) is 13.2 Å². The van der Waals surface area contributed by atoms with Gasteiger partial charge in [0, 0.05) is 51.3 Å². The summed E-state index contributed by atoms with van der Waals surface area (Å²) in [6.45, 7) is 4.20. The molecule has 12 heteroatoms. The van der Waals surface area contributed by atoms with Gasteiger partial charge >= 0.3 is 6.18 Å². The Morgan fingerprint density at radius 2 is 1.61 bits per heavy atom. The molecule has 5 aliphatic rings. The van der Waals surface area contributed by atoms with Gasteiger partial charge in [0.1, 0.15) is 6.04 Å². The van der Waals surface area contributed by atoms with Crippen molar-refractivity contribution in [2.24, 2.45) is 29.6 Å². The van der Waals surface area contributed by atoms with E-state index in [1.165, 1.54) is 4.90 Å². The third-order valence-electron chi connectivity index (χ3n) is 10.2. The number of hydrogen-bond donors (Lipinski definition) is 2. The Morgan fingerprint density at radius 1 is 0.947 bits per heavy atom. The molecule has 0 aromatic carbocycles. The summed E-state index contributed by atoms with van der Waals surface area (Å²) in [5.41, 5.74) is 2.63. The number of carbonyl (C=O) groups is 1. The molecule has 5 atom stereocenters. The SMILES string of the molecule is CC1CCC(S(=O)(=O)N2CCC(C3CCN4NC(C(F)(F)F)C(C(=O)N5CCC(CO)C5)C4C3)CC2)CC1. The highest BCUT2D eigenvalue weighted by Crippen LogP contribution is 2.44. The summed E-state index contributed by atoms with van der Waals surface area (Å²) in [4.78, 5) is 14.9. The fraction of sp³-hybridized carbons (Fsp3) is 0.962. The van der Waals surface area contributed by atoms with Crippen molar-refractivity contribution in [2.75, 3.05) is 39.3 Å². The minimum Gasteiger partial charge on any atom is -0.396 e. The normalized spacial score (nSPS) is 38.4. The smallest absolute Gasteiger partial charge is 0.396 e. The van der Waals surface area contributed by atoms with Crippen LogP contribution in [0.3, 0.4) is 0 Å². The first kappa shape index (κ1) is 28.6. The minimum absolute atomic E-state index is 0.0681. The van der Waals surface area contributed by atoms with Crippen molar-refractivity contribution < 1.29 is 31.5 Å². The highest BCUT2D eigenvalue weighted by Gasteiger charge is 2.59. The molecule has 2 N–H and O–H groups in total. The number of hydrogen-bond acceptors (Lipinski definition) is 6. The lowest BCUT2D eigenvalue weighted by Crippen LogP contribution is -2.50. The fourth-order valence-corrected chi connectivity index (χ4v) is 9.76. The maximum Gasteiger partial charge on any atom is 0.406 e. The van der Waals surface area contributed by atoms with Crippen LogP contribution >= 0.6 is 0 Å². The lowest BCUT2D eigenvalue weighted by atomic mass is 9.74. The van der Waals surface area contributed by atoms with Crippen molar-refractivity contribution in [3.05, 3.63) is 0 Å². The van der Waals surface area contributed by atoms with Gasteiger partial charge < -0.3 is 10.0 Å². The summed E-state index contributed by atoms with van der Waals surface area (Å²) in [6, 6.07) is -2.44. The molecule has 38 heavy (non-hydrogen) atoms. The predicted octanol–water partition coefficient (Wildman–Crippen LogP) is 2.59. The topological polar surface area (TPSA) is 93.2 Å². The van der Waals surface area contributed by atoms with Gasteiger partial charge in [0.25, 0.3) is 0 Å². The molecule has 1 aliphatic carbocycles. The quantitative estimate of drug-likeness (QED) is 0.534. The average Bonchev–Trinajstić information content (AvgIpc) is 3.53. The maximum atomic E-state index is 14.1. The van der Waals surface area contributed by atoms with Crippen LogP contribution in [0.25, 0.3) is 0 Å². The van der Waals surface area contributed by atoms with Crippen LogP contribution in [0, 0.1) is 29.6 Å². The van der Waals surface area contributed by atoms with Gasteiger partial charge in [0.05, 0.1) is 11.2 Å². The number of aliphatic hydroxyl groups is 1. The number of nitrogens with one attached hydrogen (secondary N) is 1. The second kappa shape index (κ2) is 11.1. The molecule has 218 valence electrons. The highest BCUT2D eigenvalue weighted by molar-refractivity contribution is 7.89. The fourth-order valence-electron chi connectivity index (χ4n) is 7.75. The van der Waals surface area contributed by atoms with Crippen molar-refractivity contribution in [3.63, 3.8) is 0 Å². The zero-order chi connectivity index (χ0) is 27.2. The average molecular weight is 565 g/mol. The molecular formula is C26H43F3N4O4S. The molecule has 1 amide bonds. The summed E-state index contributed by atoms with van der Waals surface area (Å²) in [5.74, 6) is -0.745. The molecule has 5 fully saturated rings. The van der Waals surface area contributed by atoms with Gasteiger partial charge in [0.2, 0.25) is 15.9 Å². The Morgan fingerprint density at radius 3 is 2.21 bits per heavy atom. The van der Waals surface area contributed by atoms with Crippen molar-refractivity contribution in [1.29, 1.82) is 0 Å². The molecule has 1 saturated carbocycles. The van der Waals surface area contributed by atoms with E-state index in [-0.39, 0.29) is 29.6 Å².